The van der Waals surface area contributed by atoms with Crippen molar-refractivity contribution in [2.75, 3.05) is 52.9 Å². The zero-order valence-electron chi connectivity index (χ0n) is 41.9. The smallest absolute Gasteiger partial charge is 0.187 e. The fourth-order valence-electron chi connectivity index (χ4n) is 10.8. The van der Waals surface area contributed by atoms with Crippen LogP contribution in [0, 0.1) is 0 Å². The van der Waals surface area contributed by atoms with E-state index in [-0.39, 0.29) is 6.61 Å². The Kier molecular flexibility index (Phi) is 22.0. The minimum Gasteiger partial charge on any atom is -0.394 e. The zero-order valence-corrected chi connectivity index (χ0v) is 41.9. The van der Waals surface area contributed by atoms with E-state index in [2.05, 4.69) is 0 Å². The molecule has 35 heteroatoms. The van der Waals surface area contributed by atoms with Crippen molar-refractivity contribution in [3.8, 4) is 0 Å². The summed E-state index contributed by atoms with van der Waals surface area (Å²) in [4.78, 5) is 0. The maximum atomic E-state index is 11.8. The minimum atomic E-state index is -2.20. The van der Waals surface area contributed by atoms with Crippen molar-refractivity contribution < 1.29 is 173 Å². The first-order valence-corrected chi connectivity index (χ1v) is 25.6. The van der Waals surface area contributed by atoms with E-state index in [0.717, 1.165) is 0 Å². The summed E-state index contributed by atoms with van der Waals surface area (Å²) < 4.78 is 86.4. The summed E-state index contributed by atoms with van der Waals surface area (Å²) in [5, 5.41) is 221. The summed E-state index contributed by atoms with van der Waals surface area (Å²) in [5.74, 6) is 0. The summed E-state index contributed by atoms with van der Waals surface area (Å²) in [6.45, 7) is -5.85. The van der Waals surface area contributed by atoms with Crippen LogP contribution in [-0.4, -0.2) is 370 Å². The summed E-state index contributed by atoms with van der Waals surface area (Å²) in [5.41, 5.74) is 0. The van der Waals surface area contributed by atoms with E-state index in [1.807, 2.05) is 0 Å². The highest BCUT2D eigenvalue weighted by molar-refractivity contribution is 5.02. The first-order valence-electron chi connectivity index (χ1n) is 25.6. The molecule has 0 aromatic carbocycles. The van der Waals surface area contributed by atoms with E-state index in [1.54, 1.807) is 0 Å². The number of aliphatic hydroxyl groups is 20. The Morgan fingerprint density at radius 2 is 0.392 bits per heavy atom. The highest BCUT2D eigenvalue weighted by Gasteiger charge is 2.59. The van der Waals surface area contributed by atoms with Crippen LogP contribution in [0.3, 0.4) is 0 Å². The quantitative estimate of drug-likeness (QED) is 0.102. The molecule has 0 amide bonds. The molecule has 35 atom stereocenters. The van der Waals surface area contributed by atoms with Crippen LogP contribution in [0.1, 0.15) is 6.92 Å². The van der Waals surface area contributed by atoms with E-state index in [4.69, 9.17) is 71.1 Å². The molecule has 15 saturated heterocycles. The topological polar surface area (TPSA) is 543 Å². The largest absolute Gasteiger partial charge is 0.394 e. The molecule has 0 saturated carbocycles. The SMILES string of the molecule is CCO[C@H]1[C@H]2O[C@H]3[C@H](O)[C@@H](O)[C@@H](O[C@H]4[C@H](O)[C@@H](O)[C@@H](O[C@H]5[C@H](O)[C@@H](O)[C@@H](O[C@H]6[C@H](O)[C@@H](O)[C@@H](O[C@H]7[C@H](O)[C@@H](O)[C@@H](O[C@H]8[C@H](O)[C@@H](O)[C@@H](O[C@@H]([C@@H]1O)[C@@H](CO)O2)O[C@@H]8CO)O[C@@H]7CO)O[C@@H]6CO)O[C@@H]5CO)O[C@@H]4CO)O[C@@H]3CO. The Labute approximate surface area is 447 Å². The number of hydrogen-bond acceptors (Lipinski definition) is 35. The molecule has 35 nitrogen and oxygen atoms in total. The van der Waals surface area contributed by atoms with Crippen LogP contribution < -0.4 is 0 Å². The zero-order chi connectivity index (χ0) is 57.5. The second kappa shape index (κ2) is 27.3. The maximum Gasteiger partial charge on any atom is 0.187 e. The van der Waals surface area contributed by atoms with Crippen LogP contribution in [0.15, 0.2) is 0 Å². The molecule has 0 aromatic heterocycles. The molecule has 0 aromatic rings. The molecule has 0 unspecified atom stereocenters. The van der Waals surface area contributed by atoms with Crippen molar-refractivity contribution in [3.05, 3.63) is 0 Å². The molecule has 14 bridgehead atoms. The second-order valence-corrected chi connectivity index (χ2v) is 20.1. The average Bonchev–Trinajstić information content (AvgIpc) is 3.60. The fourth-order valence-corrected chi connectivity index (χ4v) is 10.8. The Balaban J connectivity index is 1.09. The van der Waals surface area contributed by atoms with Gasteiger partial charge in [-0.3, -0.25) is 0 Å². The van der Waals surface area contributed by atoms with Crippen LogP contribution in [0.4, 0.5) is 0 Å². The fraction of sp³-hybridized carbons (Fsp3) is 1.00. The van der Waals surface area contributed by atoms with E-state index in [9.17, 15) is 102 Å². The van der Waals surface area contributed by atoms with Gasteiger partial charge < -0.3 is 173 Å². The third kappa shape index (κ3) is 12.6. The van der Waals surface area contributed by atoms with E-state index < -0.39 is 261 Å². The van der Waals surface area contributed by atoms with Crippen LogP contribution >= 0.6 is 0 Å². The highest BCUT2D eigenvalue weighted by Crippen LogP contribution is 2.39. The Morgan fingerprint density at radius 1 is 0.228 bits per heavy atom. The van der Waals surface area contributed by atoms with Gasteiger partial charge in [-0.2, -0.15) is 0 Å². The lowest BCUT2D eigenvalue weighted by Gasteiger charge is -2.50. The number of fused-ring (bicyclic) bond motifs is 7. The normalized spacial score (nSPS) is 54.3. The van der Waals surface area contributed by atoms with Gasteiger partial charge in [-0.15, -0.1) is 0 Å². The van der Waals surface area contributed by atoms with E-state index in [0.29, 0.717) is 0 Å². The van der Waals surface area contributed by atoms with Gasteiger partial charge in [0.15, 0.2) is 44.0 Å². The molecule has 15 aliphatic heterocycles. The van der Waals surface area contributed by atoms with Gasteiger partial charge in [0.1, 0.15) is 171 Å². The third-order valence-corrected chi connectivity index (χ3v) is 15.1. The van der Waals surface area contributed by atoms with Crippen LogP contribution in [0.25, 0.3) is 0 Å². The van der Waals surface area contributed by atoms with Crippen molar-refractivity contribution in [2.45, 2.75) is 222 Å². The molecular formula is C44H74O35. The van der Waals surface area contributed by atoms with E-state index in [1.165, 1.54) is 6.92 Å². The molecule has 0 radical (unpaired) electrons. The third-order valence-electron chi connectivity index (χ3n) is 15.1. The molecule has 15 heterocycles. The van der Waals surface area contributed by atoms with Gasteiger partial charge in [-0.1, -0.05) is 0 Å². The molecule has 15 fully saturated rings. The standard InChI is InChI=1S/C44H74O35/c1-2-65-37-29(64)36-16(9-51)72-44(37)79-35-15(8-50)71-42(28(63)22(35)57)77-33-13(6-48)69-40(26(61)20(33)55)75-31-11(4-46)67-38(24(59)18(31)53)73-30-10(3-45)66-39(23(58)17(30)52)74-32-12(5-47)68-41(25(60)19(32)54)76-34-14(7-49)70-43(78-36)27(62)21(34)56/h10-64H,2-9H2,1H3/t10-,11-,12-,13-,14-,15-,16-,17-,18-,19-,20-,21-,22-,23-,24-,25-,26-,27-,28-,29+,30-,31-,32-,33-,34-,35-,36-,37-,38-,39-,40-,41-,42-,43-,44-/m1/s1. The number of aliphatic hydroxyl groups excluding tert-OH is 20. The monoisotopic (exact) mass is 1160 g/mol. The van der Waals surface area contributed by atoms with Crippen molar-refractivity contribution in [1.82, 2.24) is 0 Å². The van der Waals surface area contributed by atoms with Crippen molar-refractivity contribution in [2.24, 2.45) is 0 Å². The number of rotatable bonds is 9. The first-order chi connectivity index (χ1) is 37.7. The Hall–Kier alpha value is -1.40. The van der Waals surface area contributed by atoms with Crippen LogP contribution in [0.2, 0.25) is 0 Å². The van der Waals surface area contributed by atoms with Gasteiger partial charge in [0.25, 0.3) is 0 Å². The number of hydrogen-bond donors (Lipinski definition) is 20. The van der Waals surface area contributed by atoms with Gasteiger partial charge in [-0.25, -0.2) is 0 Å². The summed E-state index contributed by atoms with van der Waals surface area (Å²) in [6, 6.07) is 0. The Bertz CT molecular complexity index is 1860. The molecule has 0 spiro atoms. The van der Waals surface area contributed by atoms with Gasteiger partial charge >= 0.3 is 0 Å². The summed E-state index contributed by atoms with van der Waals surface area (Å²) >= 11 is 0. The first kappa shape index (κ1) is 63.6. The lowest BCUT2D eigenvalue weighted by molar-refractivity contribution is -0.398. The lowest BCUT2D eigenvalue weighted by Crippen LogP contribution is -2.68. The van der Waals surface area contributed by atoms with Crippen LogP contribution in [-0.2, 0) is 71.1 Å². The molecule has 0 aliphatic carbocycles. The summed E-state index contributed by atoms with van der Waals surface area (Å²) in [7, 11) is 0. The molecule has 460 valence electrons. The predicted octanol–water partition coefficient (Wildman–Crippen LogP) is -14.2. The van der Waals surface area contributed by atoms with Gasteiger partial charge in [0, 0.05) is 6.61 Å². The van der Waals surface area contributed by atoms with Gasteiger partial charge in [0.2, 0.25) is 0 Å². The number of ether oxygens (including phenoxy) is 15. The minimum absolute atomic E-state index is 0.179. The lowest BCUT2D eigenvalue weighted by atomic mass is 9.95. The van der Waals surface area contributed by atoms with E-state index >= 15 is 0 Å². The Morgan fingerprint density at radius 3 is 0.570 bits per heavy atom. The predicted molar refractivity (Wildman–Crippen MR) is 238 cm³/mol. The van der Waals surface area contributed by atoms with Crippen LogP contribution in [0.5, 0.6) is 0 Å². The van der Waals surface area contributed by atoms with Crippen molar-refractivity contribution in [3.63, 3.8) is 0 Å². The maximum absolute atomic E-state index is 11.8. The average molecular weight is 1160 g/mol. The van der Waals surface area contributed by atoms with Crippen molar-refractivity contribution >= 4 is 0 Å². The molecular weight excluding hydrogens is 1090 g/mol. The summed E-state index contributed by atoms with van der Waals surface area (Å²) in [6.07, 6.45) is -68.3. The molecule has 79 heavy (non-hydrogen) atoms. The second-order valence-electron chi connectivity index (χ2n) is 20.1. The van der Waals surface area contributed by atoms with Gasteiger partial charge in [-0.05, 0) is 6.92 Å². The highest BCUT2D eigenvalue weighted by atomic mass is 16.8. The van der Waals surface area contributed by atoms with Crippen molar-refractivity contribution in [1.29, 1.82) is 0 Å². The van der Waals surface area contributed by atoms with Gasteiger partial charge in [0.05, 0.1) is 46.2 Å². The molecule has 15 rings (SSSR count). The molecule has 20 N–H and O–H groups in total. The molecule has 15 aliphatic rings.